The van der Waals surface area contributed by atoms with Gasteiger partial charge >= 0.3 is 0 Å². The molecule has 1 nitrogen and oxygen atoms in total. The molecule has 2 unspecified atom stereocenters. The Morgan fingerprint density at radius 1 is 0.700 bits per heavy atom. The van der Waals surface area contributed by atoms with Crippen molar-refractivity contribution < 1.29 is 0 Å². The second kappa shape index (κ2) is 9.07. The first kappa shape index (κ1) is 20.0. The van der Waals surface area contributed by atoms with Crippen molar-refractivity contribution in [3.63, 3.8) is 0 Å². The zero-order valence-corrected chi connectivity index (χ0v) is 15.6. The zero-order chi connectivity index (χ0) is 15.8. The second-order valence-electron chi connectivity index (χ2n) is 8.87. The van der Waals surface area contributed by atoms with E-state index in [4.69, 9.17) is 0 Å². The van der Waals surface area contributed by atoms with Gasteiger partial charge in [-0.15, -0.1) is 0 Å². The highest BCUT2D eigenvalue weighted by Gasteiger charge is 2.19. The Bertz CT molecular complexity index is 205. The Labute approximate surface area is 129 Å². The van der Waals surface area contributed by atoms with E-state index in [0.29, 0.717) is 16.9 Å². The Kier molecular flexibility index (Phi) is 9.06. The fraction of sp³-hybridized carbons (Fsp3) is 1.00. The maximum absolute atomic E-state index is 3.65. The van der Waals surface area contributed by atoms with Gasteiger partial charge in [0.05, 0.1) is 0 Å². The summed E-state index contributed by atoms with van der Waals surface area (Å²) in [7, 11) is 0. The Morgan fingerprint density at radius 2 is 1.20 bits per heavy atom. The predicted octanol–water partition coefficient (Wildman–Crippen LogP) is 6.03. The van der Waals surface area contributed by atoms with Crippen LogP contribution in [0.3, 0.4) is 0 Å². The molecule has 0 aromatic heterocycles. The summed E-state index contributed by atoms with van der Waals surface area (Å²) in [4.78, 5) is 0. The van der Waals surface area contributed by atoms with E-state index in [-0.39, 0.29) is 0 Å². The van der Waals surface area contributed by atoms with Crippen LogP contribution in [0.5, 0.6) is 0 Å². The second-order valence-corrected chi connectivity index (χ2v) is 8.87. The largest absolute Gasteiger partial charge is 0.314 e. The number of rotatable bonds is 9. The highest BCUT2D eigenvalue weighted by molar-refractivity contribution is 4.75. The lowest BCUT2D eigenvalue weighted by Crippen LogP contribution is -2.38. The zero-order valence-electron chi connectivity index (χ0n) is 15.6. The first-order chi connectivity index (χ1) is 9.05. The highest BCUT2D eigenvalue weighted by atomic mass is 14.9. The average Bonchev–Trinajstić information content (AvgIpc) is 2.29. The predicted molar refractivity (Wildman–Crippen MR) is 93.2 cm³/mol. The lowest BCUT2D eigenvalue weighted by molar-refractivity contribution is 0.240. The topological polar surface area (TPSA) is 12.0 Å². The van der Waals surface area contributed by atoms with Crippen LogP contribution in [0.15, 0.2) is 0 Å². The van der Waals surface area contributed by atoms with Crippen LogP contribution in [-0.2, 0) is 0 Å². The molecular weight excluding hydrogens is 242 g/mol. The van der Waals surface area contributed by atoms with E-state index in [1.54, 1.807) is 0 Å². The lowest BCUT2D eigenvalue weighted by atomic mass is 9.79. The van der Waals surface area contributed by atoms with Gasteiger partial charge in [0.1, 0.15) is 0 Å². The molecule has 0 heterocycles. The molecule has 0 spiro atoms. The molecule has 0 aliphatic carbocycles. The molecule has 1 heteroatoms. The van der Waals surface area contributed by atoms with Crippen LogP contribution in [0.25, 0.3) is 0 Å². The van der Waals surface area contributed by atoms with Gasteiger partial charge in [-0.25, -0.2) is 0 Å². The minimum absolute atomic E-state index is 0.378. The maximum atomic E-state index is 3.65. The van der Waals surface area contributed by atoms with Crippen molar-refractivity contribution in [3.05, 3.63) is 0 Å². The maximum Gasteiger partial charge on any atom is 0.00872 e. The number of nitrogens with one attached hydrogen (secondary N) is 1. The summed E-state index contributed by atoms with van der Waals surface area (Å²) in [6.45, 7) is 19.9. The van der Waals surface area contributed by atoms with Crippen molar-refractivity contribution in [2.24, 2.45) is 16.7 Å². The monoisotopic (exact) mass is 283 g/mol. The molecule has 0 saturated heterocycles. The van der Waals surface area contributed by atoms with E-state index < -0.39 is 0 Å². The van der Waals surface area contributed by atoms with Gasteiger partial charge in [0, 0.05) is 6.04 Å². The molecule has 1 N–H and O–H groups in total. The van der Waals surface area contributed by atoms with Gasteiger partial charge < -0.3 is 5.32 Å². The fourth-order valence-electron chi connectivity index (χ4n) is 2.16. The molecule has 0 aliphatic heterocycles. The standard InChI is InChI=1S/C19H41N/c1-16(18(3,4)5)14-12-10-9-11-13-15-20-17(2)19(6,7)8/h16-17,20H,9-15H2,1-8H3. The van der Waals surface area contributed by atoms with Crippen LogP contribution in [0.1, 0.15) is 93.9 Å². The van der Waals surface area contributed by atoms with Crippen LogP contribution in [0, 0.1) is 16.7 Å². The Morgan fingerprint density at radius 3 is 1.70 bits per heavy atom. The highest BCUT2D eigenvalue weighted by Crippen LogP contribution is 2.29. The molecular formula is C19H41N. The summed E-state index contributed by atoms with van der Waals surface area (Å²) in [6.07, 6.45) is 8.33. The smallest absolute Gasteiger partial charge is 0.00872 e. The third kappa shape index (κ3) is 9.80. The van der Waals surface area contributed by atoms with E-state index >= 15 is 0 Å². The lowest BCUT2D eigenvalue weighted by Gasteiger charge is -2.28. The average molecular weight is 284 g/mol. The molecule has 0 aromatic carbocycles. The summed E-state index contributed by atoms with van der Waals surface area (Å²) < 4.78 is 0. The van der Waals surface area contributed by atoms with E-state index in [1.807, 2.05) is 0 Å². The first-order valence-corrected chi connectivity index (χ1v) is 8.78. The fourth-order valence-corrected chi connectivity index (χ4v) is 2.16. The van der Waals surface area contributed by atoms with E-state index in [9.17, 15) is 0 Å². The molecule has 0 fully saturated rings. The quantitative estimate of drug-likeness (QED) is 0.509. The molecule has 0 aromatic rings. The summed E-state index contributed by atoms with van der Waals surface area (Å²) in [5.74, 6) is 0.844. The summed E-state index contributed by atoms with van der Waals surface area (Å²) in [6, 6.07) is 0.607. The van der Waals surface area contributed by atoms with Crippen molar-refractivity contribution in [2.75, 3.05) is 6.54 Å². The molecule has 122 valence electrons. The van der Waals surface area contributed by atoms with E-state index in [0.717, 1.165) is 5.92 Å². The first-order valence-electron chi connectivity index (χ1n) is 8.78. The van der Waals surface area contributed by atoms with Gasteiger partial charge in [-0.3, -0.25) is 0 Å². The van der Waals surface area contributed by atoms with Gasteiger partial charge in [-0.1, -0.05) is 80.6 Å². The number of hydrogen-bond donors (Lipinski definition) is 1. The van der Waals surface area contributed by atoms with Gasteiger partial charge in [0.15, 0.2) is 0 Å². The summed E-state index contributed by atoms with van der Waals surface area (Å²) in [5, 5.41) is 3.65. The molecule has 0 saturated carbocycles. The molecule has 0 amide bonds. The third-order valence-electron chi connectivity index (χ3n) is 5.04. The van der Waals surface area contributed by atoms with Gasteiger partial charge in [-0.2, -0.15) is 0 Å². The molecule has 2 atom stereocenters. The van der Waals surface area contributed by atoms with Crippen LogP contribution in [0.4, 0.5) is 0 Å². The Balaban J connectivity index is 3.42. The normalized spacial score (nSPS) is 16.2. The van der Waals surface area contributed by atoms with Crippen molar-refractivity contribution in [2.45, 2.75) is 100.0 Å². The minimum atomic E-state index is 0.378. The minimum Gasteiger partial charge on any atom is -0.314 e. The Hall–Kier alpha value is -0.0400. The van der Waals surface area contributed by atoms with Crippen molar-refractivity contribution in [1.29, 1.82) is 0 Å². The van der Waals surface area contributed by atoms with E-state index in [2.05, 4.69) is 60.7 Å². The molecule has 20 heavy (non-hydrogen) atoms. The van der Waals surface area contributed by atoms with Crippen molar-refractivity contribution in [3.8, 4) is 0 Å². The van der Waals surface area contributed by atoms with Crippen LogP contribution >= 0.6 is 0 Å². The van der Waals surface area contributed by atoms with Crippen LogP contribution in [0.2, 0.25) is 0 Å². The van der Waals surface area contributed by atoms with Crippen LogP contribution < -0.4 is 5.32 Å². The van der Waals surface area contributed by atoms with Crippen LogP contribution in [-0.4, -0.2) is 12.6 Å². The summed E-state index contributed by atoms with van der Waals surface area (Å²) in [5.41, 5.74) is 0.857. The van der Waals surface area contributed by atoms with Gasteiger partial charge in [0.2, 0.25) is 0 Å². The SMILES string of the molecule is CC(CCCCCCCNC(C)C(C)(C)C)C(C)(C)C. The molecule has 0 bridgehead atoms. The molecule has 0 rings (SSSR count). The number of hydrogen-bond acceptors (Lipinski definition) is 1. The van der Waals surface area contributed by atoms with Crippen molar-refractivity contribution in [1.82, 2.24) is 5.32 Å². The third-order valence-corrected chi connectivity index (χ3v) is 5.04. The van der Waals surface area contributed by atoms with Gasteiger partial charge in [-0.05, 0) is 36.6 Å². The van der Waals surface area contributed by atoms with Gasteiger partial charge in [0.25, 0.3) is 0 Å². The number of unbranched alkanes of at least 4 members (excludes halogenated alkanes) is 4. The van der Waals surface area contributed by atoms with E-state index in [1.165, 1.54) is 45.1 Å². The van der Waals surface area contributed by atoms with Crippen molar-refractivity contribution >= 4 is 0 Å². The summed E-state index contributed by atoms with van der Waals surface area (Å²) >= 11 is 0. The molecule has 0 aliphatic rings. The molecule has 0 radical (unpaired) electrons.